The molecule has 126 valence electrons. The topological polar surface area (TPSA) is 133 Å². The molecule has 0 bridgehead atoms. The molecule has 22 heavy (non-hydrogen) atoms. The van der Waals surface area contributed by atoms with Crippen molar-refractivity contribution in [3.05, 3.63) is 0 Å². The first kappa shape index (κ1) is 20.0. The first-order chi connectivity index (χ1) is 10.3. The molecule has 0 heterocycles. The van der Waals surface area contributed by atoms with E-state index >= 15 is 0 Å². The van der Waals surface area contributed by atoms with Crippen LogP contribution in [0.2, 0.25) is 0 Å². The van der Waals surface area contributed by atoms with Crippen molar-refractivity contribution in [1.82, 2.24) is 10.6 Å². The van der Waals surface area contributed by atoms with Crippen LogP contribution in [0.5, 0.6) is 0 Å². The van der Waals surface area contributed by atoms with E-state index in [0.29, 0.717) is 25.8 Å². The van der Waals surface area contributed by atoms with Crippen molar-refractivity contribution in [2.45, 2.75) is 45.1 Å². The highest BCUT2D eigenvalue weighted by molar-refractivity contribution is 5.86. The minimum atomic E-state index is -1.16. The van der Waals surface area contributed by atoms with Gasteiger partial charge in [0.25, 0.3) is 0 Å². The van der Waals surface area contributed by atoms with E-state index in [1.165, 1.54) is 6.92 Å². The third-order valence-corrected chi connectivity index (χ3v) is 3.20. The molecule has 2 atom stereocenters. The molecular weight excluding hydrogens is 292 g/mol. The maximum Gasteiger partial charge on any atom is 0.320 e. The summed E-state index contributed by atoms with van der Waals surface area (Å²) >= 11 is 0. The first-order valence-corrected chi connectivity index (χ1v) is 7.17. The molecule has 0 rings (SSSR count). The van der Waals surface area contributed by atoms with Gasteiger partial charge in [0.1, 0.15) is 11.8 Å². The van der Waals surface area contributed by atoms with Gasteiger partial charge in [-0.2, -0.15) is 0 Å². The number of rotatable bonds is 12. The Morgan fingerprint density at radius 3 is 2.09 bits per heavy atom. The standard InChI is InChI=1S/C14H24N2O6/c1-9(17)7-10(13(19)20)8-12(18)16-6-4-3-5-11(15-2)14(21)22/h10-11,15H,3-8H2,1-2H3,(H,16,18)(H,19,20)(H,21,22). The Kier molecular flexibility index (Phi) is 9.77. The number of hydrogen-bond acceptors (Lipinski definition) is 5. The molecule has 0 radical (unpaired) electrons. The van der Waals surface area contributed by atoms with Gasteiger partial charge >= 0.3 is 11.9 Å². The molecule has 0 saturated heterocycles. The Hall–Kier alpha value is -1.96. The summed E-state index contributed by atoms with van der Waals surface area (Å²) in [6, 6.07) is -0.609. The van der Waals surface area contributed by atoms with Crippen LogP contribution < -0.4 is 10.6 Å². The van der Waals surface area contributed by atoms with Crippen LogP contribution in [0.1, 0.15) is 39.0 Å². The van der Waals surface area contributed by atoms with Crippen molar-refractivity contribution in [3.8, 4) is 0 Å². The molecule has 2 unspecified atom stereocenters. The van der Waals surface area contributed by atoms with Crippen LogP contribution in [-0.2, 0) is 19.2 Å². The highest BCUT2D eigenvalue weighted by Crippen LogP contribution is 2.09. The van der Waals surface area contributed by atoms with E-state index in [9.17, 15) is 19.2 Å². The molecule has 1 amide bonds. The number of carboxylic acids is 2. The predicted octanol–water partition coefficient (Wildman–Crippen LogP) is 0.0155. The van der Waals surface area contributed by atoms with Crippen molar-refractivity contribution >= 4 is 23.6 Å². The number of aliphatic carboxylic acids is 2. The Bertz CT molecular complexity index is 410. The zero-order valence-electron chi connectivity index (χ0n) is 12.9. The molecule has 4 N–H and O–H groups in total. The van der Waals surface area contributed by atoms with Crippen LogP contribution >= 0.6 is 0 Å². The Labute approximate surface area is 129 Å². The first-order valence-electron chi connectivity index (χ1n) is 7.17. The fourth-order valence-electron chi connectivity index (χ4n) is 1.98. The number of Topliss-reactive ketones (excluding diaryl/α,β-unsaturated/α-hetero) is 1. The summed E-state index contributed by atoms with van der Waals surface area (Å²) in [5.41, 5.74) is 0. The van der Waals surface area contributed by atoms with E-state index in [1.54, 1.807) is 7.05 Å². The van der Waals surface area contributed by atoms with E-state index in [0.717, 1.165) is 0 Å². The average Bonchev–Trinajstić information content (AvgIpc) is 2.40. The predicted molar refractivity (Wildman–Crippen MR) is 78.4 cm³/mol. The summed E-state index contributed by atoms with van der Waals surface area (Å²) < 4.78 is 0. The Morgan fingerprint density at radius 2 is 1.64 bits per heavy atom. The number of carbonyl (C=O) groups is 4. The quantitative estimate of drug-likeness (QED) is 0.373. The number of likely N-dealkylation sites (N-methyl/N-ethyl adjacent to an activating group) is 1. The highest BCUT2D eigenvalue weighted by Gasteiger charge is 2.22. The zero-order chi connectivity index (χ0) is 17.1. The van der Waals surface area contributed by atoms with E-state index < -0.39 is 29.8 Å². The van der Waals surface area contributed by atoms with Crippen LogP contribution in [0.15, 0.2) is 0 Å². The zero-order valence-corrected chi connectivity index (χ0v) is 12.9. The molecule has 0 saturated carbocycles. The maximum absolute atomic E-state index is 11.6. The molecule has 8 nitrogen and oxygen atoms in total. The largest absolute Gasteiger partial charge is 0.481 e. The van der Waals surface area contributed by atoms with Gasteiger partial charge < -0.3 is 25.6 Å². The van der Waals surface area contributed by atoms with E-state index in [1.807, 2.05) is 0 Å². The Balaban J connectivity index is 3.96. The summed E-state index contributed by atoms with van der Waals surface area (Å²) in [6.45, 7) is 1.63. The van der Waals surface area contributed by atoms with E-state index in [2.05, 4.69) is 10.6 Å². The fourth-order valence-corrected chi connectivity index (χ4v) is 1.98. The third-order valence-electron chi connectivity index (χ3n) is 3.20. The van der Waals surface area contributed by atoms with Gasteiger partial charge in [0.2, 0.25) is 5.91 Å². The lowest BCUT2D eigenvalue weighted by molar-refractivity contribution is -0.145. The molecule has 0 spiro atoms. The van der Waals surface area contributed by atoms with Crippen LogP contribution in [0.4, 0.5) is 0 Å². The molecule has 0 aromatic rings. The van der Waals surface area contributed by atoms with Crippen molar-refractivity contribution < 1.29 is 29.4 Å². The van der Waals surface area contributed by atoms with Gasteiger partial charge in [-0.25, -0.2) is 0 Å². The van der Waals surface area contributed by atoms with E-state index in [4.69, 9.17) is 10.2 Å². The molecule has 0 aliphatic carbocycles. The fraction of sp³-hybridized carbons (Fsp3) is 0.714. The molecule has 0 aliphatic heterocycles. The van der Waals surface area contributed by atoms with Gasteiger partial charge in [-0.3, -0.25) is 14.4 Å². The summed E-state index contributed by atoms with van der Waals surface area (Å²) in [7, 11) is 1.57. The second-order valence-corrected chi connectivity index (χ2v) is 5.17. The number of carboxylic acid groups (broad SMARTS) is 2. The number of carbonyl (C=O) groups excluding carboxylic acids is 2. The molecule has 0 aromatic heterocycles. The number of unbranched alkanes of at least 4 members (excludes halogenated alkanes) is 1. The van der Waals surface area contributed by atoms with Gasteiger partial charge in [-0.05, 0) is 33.2 Å². The van der Waals surface area contributed by atoms with Crippen molar-refractivity contribution in [1.29, 1.82) is 0 Å². The smallest absolute Gasteiger partial charge is 0.320 e. The molecule has 8 heteroatoms. The Morgan fingerprint density at radius 1 is 1.00 bits per heavy atom. The summed E-state index contributed by atoms with van der Waals surface area (Å²) in [6.07, 6.45) is 1.27. The minimum absolute atomic E-state index is 0.161. The second kappa shape index (κ2) is 10.7. The normalized spacial score (nSPS) is 13.2. The lowest BCUT2D eigenvalue weighted by Gasteiger charge is -2.12. The average molecular weight is 316 g/mol. The lowest BCUT2D eigenvalue weighted by Crippen LogP contribution is -2.34. The minimum Gasteiger partial charge on any atom is -0.481 e. The van der Waals surface area contributed by atoms with Crippen LogP contribution in [0, 0.1) is 5.92 Å². The van der Waals surface area contributed by atoms with Gasteiger partial charge in [0, 0.05) is 19.4 Å². The maximum atomic E-state index is 11.6. The number of amides is 1. The molecule has 0 aromatic carbocycles. The van der Waals surface area contributed by atoms with Crippen LogP contribution in [0.3, 0.4) is 0 Å². The number of ketones is 1. The van der Waals surface area contributed by atoms with Crippen molar-refractivity contribution in [3.63, 3.8) is 0 Å². The molecule has 0 fully saturated rings. The third kappa shape index (κ3) is 9.06. The molecular formula is C14H24N2O6. The number of nitrogens with one attached hydrogen (secondary N) is 2. The van der Waals surface area contributed by atoms with Gasteiger partial charge in [0.05, 0.1) is 5.92 Å². The highest BCUT2D eigenvalue weighted by atomic mass is 16.4. The van der Waals surface area contributed by atoms with Crippen molar-refractivity contribution in [2.75, 3.05) is 13.6 Å². The SMILES string of the molecule is CNC(CCCCNC(=O)CC(CC(C)=O)C(=O)O)C(=O)O. The summed E-state index contributed by atoms with van der Waals surface area (Å²) in [5, 5.41) is 23.0. The van der Waals surface area contributed by atoms with Crippen molar-refractivity contribution in [2.24, 2.45) is 5.92 Å². The summed E-state index contributed by atoms with van der Waals surface area (Å²) in [4.78, 5) is 44.2. The van der Waals surface area contributed by atoms with Gasteiger partial charge in [-0.15, -0.1) is 0 Å². The van der Waals surface area contributed by atoms with Crippen LogP contribution in [-0.4, -0.2) is 53.5 Å². The summed E-state index contributed by atoms with van der Waals surface area (Å²) in [5.74, 6) is -3.77. The monoisotopic (exact) mass is 316 g/mol. The molecule has 0 aliphatic rings. The van der Waals surface area contributed by atoms with Gasteiger partial charge in [0.15, 0.2) is 0 Å². The lowest BCUT2D eigenvalue weighted by atomic mass is 9.99. The van der Waals surface area contributed by atoms with E-state index in [-0.39, 0.29) is 18.6 Å². The number of hydrogen-bond donors (Lipinski definition) is 4. The second-order valence-electron chi connectivity index (χ2n) is 5.17. The van der Waals surface area contributed by atoms with Gasteiger partial charge in [-0.1, -0.05) is 0 Å². The van der Waals surface area contributed by atoms with Crippen LogP contribution in [0.25, 0.3) is 0 Å².